The molecule has 7 nitrogen and oxygen atoms in total. The van der Waals surface area contributed by atoms with Crippen LogP contribution in [0.1, 0.15) is 15.9 Å². The molecule has 0 spiro atoms. The number of halogens is 4. The van der Waals surface area contributed by atoms with Gasteiger partial charge in [0, 0.05) is 44.5 Å². The fraction of sp³-hybridized carbons (Fsp3) is 0.333. The first-order valence-electron chi connectivity index (χ1n) is 9.59. The number of fused-ring (bicyclic) bond motifs is 1. The minimum atomic E-state index is -5.08. The largest absolute Gasteiger partial charge is 0.490 e. The number of nitrogens with zero attached hydrogens (tertiary/aromatic N) is 3. The van der Waals surface area contributed by atoms with Crippen molar-refractivity contribution in [3.8, 4) is 0 Å². The Morgan fingerprint density at radius 2 is 1.84 bits per heavy atom. The van der Waals surface area contributed by atoms with Crippen molar-refractivity contribution in [2.24, 2.45) is 11.8 Å². The lowest BCUT2D eigenvalue weighted by molar-refractivity contribution is -0.192. The zero-order valence-electron chi connectivity index (χ0n) is 16.6. The van der Waals surface area contributed by atoms with Crippen LogP contribution in [-0.2, 0) is 16.1 Å². The minimum Gasteiger partial charge on any atom is -0.475 e. The maximum atomic E-state index is 13.3. The number of alkyl halides is 3. The van der Waals surface area contributed by atoms with E-state index in [-0.39, 0.29) is 29.5 Å². The number of aliphatic carboxylic acids is 1. The van der Waals surface area contributed by atoms with Gasteiger partial charge in [-0.1, -0.05) is 12.1 Å². The number of amides is 2. The smallest absolute Gasteiger partial charge is 0.475 e. The molecule has 2 fully saturated rings. The second-order valence-electron chi connectivity index (χ2n) is 7.47. The van der Waals surface area contributed by atoms with Gasteiger partial charge in [-0.15, -0.1) is 0 Å². The third-order valence-electron chi connectivity index (χ3n) is 5.23. The Morgan fingerprint density at radius 1 is 1.12 bits per heavy atom. The molecule has 2 aliphatic heterocycles. The summed E-state index contributed by atoms with van der Waals surface area (Å²) in [6, 6.07) is 9.80. The van der Waals surface area contributed by atoms with Gasteiger partial charge in [-0.3, -0.25) is 14.6 Å². The van der Waals surface area contributed by atoms with E-state index in [9.17, 15) is 27.2 Å². The Labute approximate surface area is 180 Å². The summed E-state index contributed by atoms with van der Waals surface area (Å²) in [5, 5.41) is 7.12. The Morgan fingerprint density at radius 3 is 2.41 bits per heavy atom. The zero-order chi connectivity index (χ0) is 23.5. The molecule has 1 N–H and O–H groups in total. The van der Waals surface area contributed by atoms with E-state index in [1.165, 1.54) is 12.1 Å². The van der Waals surface area contributed by atoms with Gasteiger partial charge in [0.2, 0.25) is 5.91 Å². The van der Waals surface area contributed by atoms with Crippen molar-refractivity contribution in [2.75, 3.05) is 19.6 Å². The molecule has 0 saturated carbocycles. The Hall–Kier alpha value is -3.50. The van der Waals surface area contributed by atoms with Gasteiger partial charge >= 0.3 is 12.1 Å². The lowest BCUT2D eigenvalue weighted by Gasteiger charge is -2.22. The topological polar surface area (TPSA) is 90.8 Å². The van der Waals surface area contributed by atoms with Crippen LogP contribution in [0.4, 0.5) is 17.6 Å². The molecule has 3 heterocycles. The van der Waals surface area contributed by atoms with E-state index < -0.39 is 12.1 Å². The molecule has 1 aromatic carbocycles. The summed E-state index contributed by atoms with van der Waals surface area (Å²) in [5.74, 6) is -3.09. The Bertz CT molecular complexity index is 1000. The first kappa shape index (κ1) is 23.2. The second kappa shape index (κ2) is 9.33. The fourth-order valence-electron chi connectivity index (χ4n) is 3.78. The van der Waals surface area contributed by atoms with Crippen LogP contribution < -0.4 is 0 Å². The number of carboxylic acid groups (broad SMARTS) is 1. The summed E-state index contributed by atoms with van der Waals surface area (Å²) in [4.78, 5) is 41.6. The maximum absolute atomic E-state index is 13.3. The number of benzene rings is 1. The first-order valence-corrected chi connectivity index (χ1v) is 9.59. The van der Waals surface area contributed by atoms with E-state index in [2.05, 4.69) is 4.98 Å². The van der Waals surface area contributed by atoms with Gasteiger partial charge in [-0.2, -0.15) is 13.2 Å². The van der Waals surface area contributed by atoms with Crippen LogP contribution in [0.25, 0.3) is 0 Å². The van der Waals surface area contributed by atoms with Gasteiger partial charge in [-0.25, -0.2) is 9.18 Å². The molecule has 0 radical (unpaired) electrons. The number of aromatic nitrogens is 1. The zero-order valence-corrected chi connectivity index (χ0v) is 16.6. The van der Waals surface area contributed by atoms with Crippen LogP contribution in [0, 0.1) is 17.7 Å². The molecule has 11 heteroatoms. The molecule has 2 atom stereocenters. The summed E-state index contributed by atoms with van der Waals surface area (Å²) in [5.41, 5.74) is 1.34. The Balaban J connectivity index is 0.000000360. The third-order valence-corrected chi connectivity index (χ3v) is 5.23. The third kappa shape index (κ3) is 5.40. The van der Waals surface area contributed by atoms with Gasteiger partial charge in [0.1, 0.15) is 5.82 Å². The van der Waals surface area contributed by atoms with Gasteiger partial charge in [0.25, 0.3) is 5.91 Å². The molecule has 0 bridgehead atoms. The number of hydrogen-bond acceptors (Lipinski definition) is 4. The average molecular weight is 453 g/mol. The van der Waals surface area contributed by atoms with Crippen LogP contribution in [-0.4, -0.2) is 63.5 Å². The highest BCUT2D eigenvalue weighted by molar-refractivity contribution is 5.95. The van der Waals surface area contributed by atoms with Crippen molar-refractivity contribution in [3.63, 3.8) is 0 Å². The number of pyridine rings is 1. The summed E-state index contributed by atoms with van der Waals surface area (Å²) in [6.07, 6.45) is -1.90. The fourth-order valence-corrected chi connectivity index (χ4v) is 3.78. The number of rotatable bonds is 3. The van der Waals surface area contributed by atoms with Crippen LogP contribution in [0.15, 0.2) is 48.8 Å². The SMILES string of the molecule is O=C(O)C(F)(F)F.O=C(c1cccnc1)N1C[C@H]2CN(Cc3cccc(F)c3)C(=O)[C@H]2C1. The van der Waals surface area contributed by atoms with Crippen molar-refractivity contribution in [2.45, 2.75) is 12.7 Å². The van der Waals surface area contributed by atoms with Crippen LogP contribution >= 0.6 is 0 Å². The van der Waals surface area contributed by atoms with Crippen molar-refractivity contribution in [3.05, 3.63) is 65.7 Å². The molecule has 32 heavy (non-hydrogen) atoms. The van der Waals surface area contributed by atoms with E-state index >= 15 is 0 Å². The van der Waals surface area contributed by atoms with E-state index in [4.69, 9.17) is 9.90 Å². The van der Waals surface area contributed by atoms with Gasteiger partial charge in [0.05, 0.1) is 11.5 Å². The summed E-state index contributed by atoms with van der Waals surface area (Å²) in [7, 11) is 0. The highest BCUT2D eigenvalue weighted by Gasteiger charge is 2.47. The van der Waals surface area contributed by atoms with Crippen LogP contribution in [0.3, 0.4) is 0 Å². The number of carbonyl (C=O) groups excluding carboxylic acids is 2. The summed E-state index contributed by atoms with van der Waals surface area (Å²) >= 11 is 0. The summed E-state index contributed by atoms with van der Waals surface area (Å²) in [6.45, 7) is 2.04. The standard InChI is InChI=1S/C19H18FN3O2.C2HF3O2/c20-16-5-1-3-13(7-16)9-22-10-15-11-23(12-17(15)19(22)25)18(24)14-4-2-6-21-8-14;3-2(4,5)1(6)7/h1-8,15,17H,9-12H2;(H,6,7)/t15-,17+;/m1./s1. The summed E-state index contributed by atoms with van der Waals surface area (Å²) < 4.78 is 45.1. The predicted molar refractivity (Wildman–Crippen MR) is 103 cm³/mol. The number of hydrogen-bond donors (Lipinski definition) is 1. The molecule has 2 aliphatic rings. The predicted octanol–water partition coefficient (Wildman–Crippen LogP) is 2.58. The normalized spacial score (nSPS) is 19.9. The first-order chi connectivity index (χ1) is 15.1. The van der Waals surface area contributed by atoms with E-state index in [1.54, 1.807) is 40.4 Å². The molecule has 0 unspecified atom stereocenters. The molecule has 2 amide bonds. The number of likely N-dealkylation sites (tertiary alicyclic amines) is 2. The van der Waals surface area contributed by atoms with Crippen LogP contribution in [0.5, 0.6) is 0 Å². The average Bonchev–Trinajstić information content (AvgIpc) is 3.27. The van der Waals surface area contributed by atoms with E-state index in [0.717, 1.165) is 5.56 Å². The van der Waals surface area contributed by atoms with Crippen molar-refractivity contribution in [1.29, 1.82) is 0 Å². The second-order valence-corrected chi connectivity index (χ2v) is 7.47. The van der Waals surface area contributed by atoms with Crippen LogP contribution in [0.2, 0.25) is 0 Å². The van der Waals surface area contributed by atoms with E-state index in [0.29, 0.717) is 31.7 Å². The lowest BCUT2D eigenvalue weighted by Crippen LogP contribution is -2.35. The highest BCUT2D eigenvalue weighted by Crippen LogP contribution is 2.33. The highest BCUT2D eigenvalue weighted by atomic mass is 19.4. The molecule has 2 saturated heterocycles. The molecule has 170 valence electrons. The van der Waals surface area contributed by atoms with Crippen molar-refractivity contribution < 1.29 is 37.1 Å². The molecule has 2 aromatic rings. The quantitative estimate of drug-likeness (QED) is 0.722. The van der Waals surface area contributed by atoms with Gasteiger partial charge in [-0.05, 0) is 29.8 Å². The molecule has 0 aliphatic carbocycles. The van der Waals surface area contributed by atoms with Gasteiger partial charge in [0.15, 0.2) is 0 Å². The molecular weight excluding hydrogens is 434 g/mol. The molecular formula is C21H19F4N3O4. The Kier molecular flexibility index (Phi) is 6.75. The van der Waals surface area contributed by atoms with E-state index in [1.807, 2.05) is 6.07 Å². The van der Waals surface area contributed by atoms with Gasteiger partial charge < -0.3 is 14.9 Å². The lowest BCUT2D eigenvalue weighted by atomic mass is 10.0. The van der Waals surface area contributed by atoms with Crippen molar-refractivity contribution >= 4 is 17.8 Å². The van der Waals surface area contributed by atoms with Crippen molar-refractivity contribution in [1.82, 2.24) is 14.8 Å². The molecule has 4 rings (SSSR count). The molecule has 1 aromatic heterocycles. The monoisotopic (exact) mass is 453 g/mol. The minimum absolute atomic E-state index is 0.0516. The number of carbonyl (C=O) groups is 3. The maximum Gasteiger partial charge on any atom is 0.490 e. The number of carboxylic acids is 1.